The van der Waals surface area contributed by atoms with E-state index in [4.69, 9.17) is 5.73 Å². The van der Waals surface area contributed by atoms with Gasteiger partial charge >= 0.3 is 0 Å². The van der Waals surface area contributed by atoms with E-state index in [1.54, 1.807) is 0 Å². The van der Waals surface area contributed by atoms with E-state index < -0.39 is 0 Å². The van der Waals surface area contributed by atoms with Crippen LogP contribution < -0.4 is 11.1 Å². The molecule has 2 aliphatic rings. The van der Waals surface area contributed by atoms with Gasteiger partial charge in [0.2, 0.25) is 5.91 Å². The minimum atomic E-state index is 0. The van der Waals surface area contributed by atoms with Crippen LogP contribution in [0.15, 0.2) is 0 Å². The molecule has 0 saturated heterocycles. The lowest BCUT2D eigenvalue weighted by molar-refractivity contribution is -0.125. The molecule has 0 unspecified atom stereocenters. The standard InChI is InChI=1S/C12H22N2O.ClH/c1-12(6-3-7-12)8-14-11(15)9-4-2-5-10(9)13;/h9-10H,2-8,13H2,1H3,(H,14,15);1H/t9-,10+;/m0./s1. The number of carbonyl (C=O) groups excluding carboxylic acids is 1. The van der Waals surface area contributed by atoms with E-state index in [2.05, 4.69) is 12.2 Å². The molecular formula is C12H23ClN2O. The third-order valence-corrected chi connectivity index (χ3v) is 4.16. The van der Waals surface area contributed by atoms with Crippen LogP contribution in [0.1, 0.15) is 45.4 Å². The third kappa shape index (κ3) is 2.89. The molecular weight excluding hydrogens is 224 g/mol. The molecule has 16 heavy (non-hydrogen) atoms. The third-order valence-electron chi connectivity index (χ3n) is 4.16. The van der Waals surface area contributed by atoms with Crippen molar-refractivity contribution < 1.29 is 4.79 Å². The summed E-state index contributed by atoms with van der Waals surface area (Å²) in [4.78, 5) is 11.9. The molecule has 4 heteroatoms. The van der Waals surface area contributed by atoms with Gasteiger partial charge in [-0.25, -0.2) is 0 Å². The molecule has 0 aromatic rings. The second-order valence-corrected chi connectivity index (χ2v) is 5.58. The average Bonchev–Trinajstić information content (AvgIpc) is 2.58. The first-order valence-electron chi connectivity index (χ1n) is 6.14. The topological polar surface area (TPSA) is 55.1 Å². The van der Waals surface area contributed by atoms with E-state index >= 15 is 0 Å². The number of rotatable bonds is 3. The highest BCUT2D eigenvalue weighted by atomic mass is 35.5. The molecule has 0 aromatic carbocycles. The Hall–Kier alpha value is -0.280. The van der Waals surface area contributed by atoms with Crippen molar-refractivity contribution >= 4 is 18.3 Å². The van der Waals surface area contributed by atoms with E-state index in [1.165, 1.54) is 19.3 Å². The van der Waals surface area contributed by atoms with Gasteiger partial charge in [0.15, 0.2) is 0 Å². The fourth-order valence-electron chi connectivity index (χ4n) is 2.70. The summed E-state index contributed by atoms with van der Waals surface area (Å²) in [6.45, 7) is 3.10. The van der Waals surface area contributed by atoms with Crippen molar-refractivity contribution in [2.75, 3.05) is 6.54 Å². The Morgan fingerprint density at radius 2 is 2.06 bits per heavy atom. The summed E-state index contributed by atoms with van der Waals surface area (Å²) in [5.41, 5.74) is 6.28. The smallest absolute Gasteiger partial charge is 0.224 e. The highest BCUT2D eigenvalue weighted by Crippen LogP contribution is 2.39. The van der Waals surface area contributed by atoms with Crippen molar-refractivity contribution in [1.29, 1.82) is 0 Å². The quantitative estimate of drug-likeness (QED) is 0.799. The van der Waals surface area contributed by atoms with Gasteiger partial charge in [-0.3, -0.25) is 4.79 Å². The van der Waals surface area contributed by atoms with E-state index in [9.17, 15) is 4.79 Å². The molecule has 1 amide bonds. The van der Waals surface area contributed by atoms with Gasteiger partial charge in [0.1, 0.15) is 0 Å². The second kappa shape index (κ2) is 5.37. The Balaban J connectivity index is 0.00000128. The van der Waals surface area contributed by atoms with Crippen LogP contribution >= 0.6 is 12.4 Å². The molecule has 0 spiro atoms. The summed E-state index contributed by atoms with van der Waals surface area (Å²) in [5.74, 6) is 0.266. The van der Waals surface area contributed by atoms with Crippen LogP contribution in [0.3, 0.4) is 0 Å². The molecule has 2 fully saturated rings. The average molecular weight is 247 g/mol. The summed E-state index contributed by atoms with van der Waals surface area (Å²) < 4.78 is 0. The Morgan fingerprint density at radius 3 is 2.50 bits per heavy atom. The molecule has 0 radical (unpaired) electrons. The van der Waals surface area contributed by atoms with Crippen molar-refractivity contribution in [1.82, 2.24) is 5.32 Å². The van der Waals surface area contributed by atoms with Gasteiger partial charge in [-0.1, -0.05) is 19.8 Å². The minimum Gasteiger partial charge on any atom is -0.355 e. The maximum atomic E-state index is 11.9. The van der Waals surface area contributed by atoms with Gasteiger partial charge in [-0.15, -0.1) is 12.4 Å². The van der Waals surface area contributed by atoms with E-state index in [0.717, 1.165) is 25.8 Å². The zero-order chi connectivity index (χ0) is 10.9. The number of hydrogen-bond acceptors (Lipinski definition) is 2. The Morgan fingerprint density at radius 1 is 1.38 bits per heavy atom. The van der Waals surface area contributed by atoms with Crippen LogP contribution in [0.25, 0.3) is 0 Å². The van der Waals surface area contributed by atoms with Gasteiger partial charge < -0.3 is 11.1 Å². The first-order chi connectivity index (χ1) is 7.11. The largest absolute Gasteiger partial charge is 0.355 e. The van der Waals surface area contributed by atoms with Crippen molar-refractivity contribution in [2.45, 2.75) is 51.5 Å². The lowest BCUT2D eigenvalue weighted by Crippen LogP contribution is -2.44. The molecule has 0 aliphatic heterocycles. The lowest BCUT2D eigenvalue weighted by atomic mass is 9.70. The molecule has 0 bridgehead atoms. The predicted octanol–water partition coefficient (Wildman–Crippen LogP) is 1.84. The second-order valence-electron chi connectivity index (χ2n) is 5.58. The first-order valence-corrected chi connectivity index (χ1v) is 6.14. The van der Waals surface area contributed by atoms with Crippen molar-refractivity contribution in [3.63, 3.8) is 0 Å². The molecule has 2 aliphatic carbocycles. The van der Waals surface area contributed by atoms with Crippen LogP contribution in [0.5, 0.6) is 0 Å². The summed E-state index contributed by atoms with van der Waals surface area (Å²) in [6, 6.07) is 0.0965. The Bertz CT molecular complexity index is 253. The van der Waals surface area contributed by atoms with Crippen molar-refractivity contribution in [2.24, 2.45) is 17.1 Å². The molecule has 3 N–H and O–H groups in total. The molecule has 2 rings (SSSR count). The summed E-state index contributed by atoms with van der Waals surface area (Å²) in [5, 5.41) is 3.08. The fourth-order valence-corrected chi connectivity index (χ4v) is 2.70. The fraction of sp³-hybridized carbons (Fsp3) is 0.917. The molecule has 2 atom stereocenters. The van der Waals surface area contributed by atoms with Gasteiger partial charge in [0, 0.05) is 12.6 Å². The first kappa shape index (κ1) is 13.8. The maximum absolute atomic E-state index is 11.9. The predicted molar refractivity (Wildman–Crippen MR) is 67.5 cm³/mol. The Kier molecular flexibility index (Phi) is 4.62. The number of amides is 1. The highest BCUT2D eigenvalue weighted by Gasteiger charge is 2.34. The molecule has 2 saturated carbocycles. The van der Waals surface area contributed by atoms with Gasteiger partial charge in [-0.05, 0) is 31.1 Å². The maximum Gasteiger partial charge on any atom is 0.224 e. The van der Waals surface area contributed by atoms with E-state index in [1.807, 2.05) is 0 Å². The number of nitrogens with one attached hydrogen (secondary N) is 1. The summed E-state index contributed by atoms with van der Waals surface area (Å²) >= 11 is 0. The lowest BCUT2D eigenvalue weighted by Gasteiger charge is -2.38. The molecule has 0 aromatic heterocycles. The molecule has 0 heterocycles. The van der Waals surface area contributed by atoms with Gasteiger partial charge in [-0.2, -0.15) is 0 Å². The highest BCUT2D eigenvalue weighted by molar-refractivity contribution is 5.85. The van der Waals surface area contributed by atoms with Gasteiger partial charge in [0.05, 0.1) is 5.92 Å². The van der Waals surface area contributed by atoms with Gasteiger partial charge in [0.25, 0.3) is 0 Å². The normalized spacial score (nSPS) is 31.4. The van der Waals surface area contributed by atoms with Crippen LogP contribution in [0.4, 0.5) is 0 Å². The molecule has 94 valence electrons. The Labute approximate surface area is 104 Å². The monoisotopic (exact) mass is 246 g/mol. The number of hydrogen-bond donors (Lipinski definition) is 2. The van der Waals surface area contributed by atoms with Crippen LogP contribution in [0.2, 0.25) is 0 Å². The number of halogens is 1. The minimum absolute atomic E-state index is 0. The van der Waals surface area contributed by atoms with E-state index in [-0.39, 0.29) is 30.3 Å². The van der Waals surface area contributed by atoms with Crippen LogP contribution in [-0.2, 0) is 4.79 Å². The number of nitrogens with two attached hydrogens (primary N) is 1. The summed E-state index contributed by atoms with van der Waals surface area (Å²) in [7, 11) is 0. The summed E-state index contributed by atoms with van der Waals surface area (Å²) in [6.07, 6.45) is 6.92. The SMILES string of the molecule is CC1(CNC(=O)[C@H]2CCC[C@H]2N)CCC1.Cl. The van der Waals surface area contributed by atoms with Crippen LogP contribution in [-0.4, -0.2) is 18.5 Å². The van der Waals surface area contributed by atoms with Crippen LogP contribution in [0, 0.1) is 11.3 Å². The zero-order valence-electron chi connectivity index (χ0n) is 10.00. The zero-order valence-corrected chi connectivity index (χ0v) is 10.8. The van der Waals surface area contributed by atoms with Crippen molar-refractivity contribution in [3.05, 3.63) is 0 Å². The molecule has 3 nitrogen and oxygen atoms in total. The number of carbonyl (C=O) groups is 1. The van der Waals surface area contributed by atoms with E-state index in [0.29, 0.717) is 5.41 Å². The van der Waals surface area contributed by atoms with Crippen molar-refractivity contribution in [3.8, 4) is 0 Å².